The summed E-state index contributed by atoms with van der Waals surface area (Å²) in [5, 5.41) is 0. The van der Waals surface area contributed by atoms with Gasteiger partial charge in [0, 0.05) is 32.7 Å². The fraction of sp³-hybridized carbons (Fsp3) is 0.500. The highest BCUT2D eigenvalue weighted by molar-refractivity contribution is 5.91. The minimum absolute atomic E-state index is 0.352. The van der Waals surface area contributed by atoms with Gasteiger partial charge in [-0.25, -0.2) is 10.8 Å². The van der Waals surface area contributed by atoms with Crippen LogP contribution in [0.15, 0.2) is 18.2 Å². The molecule has 0 aliphatic carbocycles. The molecule has 0 unspecified atom stereocenters. The molecular weight excluding hydrogens is 230 g/mol. The van der Waals surface area contributed by atoms with Gasteiger partial charge < -0.3 is 4.90 Å². The molecule has 0 saturated carbocycles. The number of hydrogen-bond donors (Lipinski definition) is 2. The summed E-state index contributed by atoms with van der Waals surface area (Å²) < 4.78 is 0. The number of aromatic nitrogens is 1. The molecule has 18 heavy (non-hydrogen) atoms. The summed E-state index contributed by atoms with van der Waals surface area (Å²) in [6.45, 7) is 4.99. The van der Waals surface area contributed by atoms with Crippen LogP contribution in [-0.4, -0.2) is 53.9 Å². The van der Waals surface area contributed by atoms with Gasteiger partial charge in [0.2, 0.25) is 0 Å². The van der Waals surface area contributed by atoms with E-state index in [9.17, 15) is 4.79 Å². The number of hydrogen-bond acceptors (Lipinski definition) is 5. The predicted molar refractivity (Wildman–Crippen MR) is 68.7 cm³/mol. The van der Waals surface area contributed by atoms with E-state index in [1.165, 1.54) is 0 Å². The van der Waals surface area contributed by atoms with E-state index in [-0.39, 0.29) is 5.91 Å². The quantitative estimate of drug-likeness (QED) is 0.426. The van der Waals surface area contributed by atoms with E-state index in [4.69, 9.17) is 5.84 Å². The third-order valence-electron chi connectivity index (χ3n) is 3.15. The van der Waals surface area contributed by atoms with Gasteiger partial charge in [0.05, 0.1) is 5.69 Å². The normalized spacial score (nSPS) is 17.7. The Kier molecular flexibility index (Phi) is 4.24. The maximum absolute atomic E-state index is 11.4. The molecule has 98 valence electrons. The smallest absolute Gasteiger partial charge is 0.283 e. The lowest BCUT2D eigenvalue weighted by molar-refractivity contribution is 0.0947. The van der Waals surface area contributed by atoms with Gasteiger partial charge in [-0.05, 0) is 19.2 Å². The summed E-state index contributed by atoms with van der Waals surface area (Å²) in [7, 11) is 2.13. The molecule has 0 bridgehead atoms. The average Bonchev–Trinajstić information content (AvgIpc) is 2.41. The van der Waals surface area contributed by atoms with Gasteiger partial charge in [-0.2, -0.15) is 0 Å². The molecule has 1 fully saturated rings. The van der Waals surface area contributed by atoms with Crippen LogP contribution in [0.25, 0.3) is 0 Å². The molecular formula is C12H19N5O. The molecule has 1 aromatic heterocycles. The third kappa shape index (κ3) is 3.25. The molecule has 2 heterocycles. The fourth-order valence-electron chi connectivity index (χ4n) is 2.00. The van der Waals surface area contributed by atoms with Crippen molar-refractivity contribution in [2.24, 2.45) is 5.84 Å². The number of rotatable bonds is 3. The van der Waals surface area contributed by atoms with Gasteiger partial charge in [-0.1, -0.05) is 6.07 Å². The maximum atomic E-state index is 11.4. The number of nitrogens with zero attached hydrogens (tertiary/aromatic N) is 3. The Bertz CT molecular complexity index is 415. The van der Waals surface area contributed by atoms with Crippen LogP contribution in [0.4, 0.5) is 0 Å². The molecule has 1 aromatic rings. The molecule has 1 aliphatic heterocycles. The Morgan fingerprint density at radius 2 is 2.11 bits per heavy atom. The highest BCUT2D eigenvalue weighted by atomic mass is 16.2. The number of nitrogens with one attached hydrogen (secondary N) is 1. The number of nitrogen functional groups attached to an aromatic ring is 1. The van der Waals surface area contributed by atoms with E-state index < -0.39 is 0 Å². The molecule has 3 N–H and O–H groups in total. The van der Waals surface area contributed by atoms with Crippen LogP contribution in [0.5, 0.6) is 0 Å². The van der Waals surface area contributed by atoms with Crippen molar-refractivity contribution in [2.45, 2.75) is 6.54 Å². The second-order valence-corrected chi connectivity index (χ2v) is 4.57. The zero-order valence-electron chi connectivity index (χ0n) is 10.6. The Hall–Kier alpha value is -1.50. The zero-order valence-corrected chi connectivity index (χ0v) is 10.6. The molecule has 6 heteroatoms. The molecule has 0 spiro atoms. The lowest BCUT2D eigenvalue weighted by Crippen LogP contribution is -2.44. The van der Waals surface area contributed by atoms with Crippen molar-refractivity contribution in [2.75, 3.05) is 33.2 Å². The Morgan fingerprint density at radius 3 is 2.78 bits per heavy atom. The first kappa shape index (κ1) is 12.9. The summed E-state index contributed by atoms with van der Waals surface area (Å²) in [6.07, 6.45) is 0. The highest BCUT2D eigenvalue weighted by Crippen LogP contribution is 2.06. The molecule has 6 nitrogen and oxygen atoms in total. The number of hydrazine groups is 1. The van der Waals surface area contributed by atoms with Gasteiger partial charge in [-0.3, -0.25) is 15.1 Å². The number of pyridine rings is 1. The molecule has 0 atom stereocenters. The summed E-state index contributed by atoms with van der Waals surface area (Å²) in [6, 6.07) is 5.43. The predicted octanol–water partition coefficient (Wildman–Crippen LogP) is -0.567. The Labute approximate surface area is 107 Å². The molecule has 0 aromatic carbocycles. The summed E-state index contributed by atoms with van der Waals surface area (Å²) >= 11 is 0. The second kappa shape index (κ2) is 5.90. The first-order chi connectivity index (χ1) is 8.69. The van der Waals surface area contributed by atoms with Crippen molar-refractivity contribution in [1.82, 2.24) is 20.2 Å². The summed E-state index contributed by atoms with van der Waals surface area (Å²) in [4.78, 5) is 20.3. The standard InChI is InChI=1S/C12H19N5O/c1-16-5-7-17(8-6-16)9-10-3-2-4-11(14-10)12(18)15-13/h2-4H,5-9,13H2,1H3,(H,15,18). The van der Waals surface area contributed by atoms with E-state index in [0.717, 1.165) is 38.4 Å². The van der Waals surface area contributed by atoms with Crippen molar-refractivity contribution in [1.29, 1.82) is 0 Å². The van der Waals surface area contributed by atoms with Crippen molar-refractivity contribution in [3.8, 4) is 0 Å². The van der Waals surface area contributed by atoms with Gasteiger partial charge in [0.25, 0.3) is 5.91 Å². The minimum atomic E-state index is -0.352. The average molecular weight is 249 g/mol. The lowest BCUT2D eigenvalue weighted by Gasteiger charge is -2.32. The van der Waals surface area contributed by atoms with E-state index >= 15 is 0 Å². The number of carbonyl (C=O) groups excluding carboxylic acids is 1. The maximum Gasteiger partial charge on any atom is 0.283 e. The van der Waals surface area contributed by atoms with Gasteiger partial charge in [0.1, 0.15) is 5.69 Å². The van der Waals surface area contributed by atoms with Gasteiger partial charge in [0.15, 0.2) is 0 Å². The van der Waals surface area contributed by atoms with Crippen LogP contribution in [-0.2, 0) is 6.54 Å². The molecule has 0 radical (unpaired) electrons. The first-order valence-corrected chi connectivity index (χ1v) is 6.07. The molecule has 2 rings (SSSR count). The van der Waals surface area contributed by atoms with Crippen molar-refractivity contribution < 1.29 is 4.79 Å². The van der Waals surface area contributed by atoms with E-state index in [1.807, 2.05) is 12.1 Å². The first-order valence-electron chi connectivity index (χ1n) is 6.07. The molecule has 1 saturated heterocycles. The van der Waals surface area contributed by atoms with Crippen LogP contribution >= 0.6 is 0 Å². The number of nitrogens with two attached hydrogens (primary N) is 1. The molecule has 1 aliphatic rings. The Balaban J connectivity index is 1.99. The second-order valence-electron chi connectivity index (χ2n) is 4.57. The summed E-state index contributed by atoms with van der Waals surface area (Å²) in [5.41, 5.74) is 3.36. The minimum Gasteiger partial charge on any atom is -0.304 e. The number of carbonyl (C=O) groups is 1. The number of likely N-dealkylation sites (N-methyl/N-ethyl adjacent to an activating group) is 1. The van der Waals surface area contributed by atoms with Crippen LogP contribution in [0, 0.1) is 0 Å². The van der Waals surface area contributed by atoms with Crippen LogP contribution in [0.1, 0.15) is 16.2 Å². The van der Waals surface area contributed by atoms with Crippen molar-refractivity contribution >= 4 is 5.91 Å². The third-order valence-corrected chi connectivity index (χ3v) is 3.15. The van der Waals surface area contributed by atoms with Crippen LogP contribution in [0.2, 0.25) is 0 Å². The number of amides is 1. The van der Waals surface area contributed by atoms with Gasteiger partial charge >= 0.3 is 0 Å². The van der Waals surface area contributed by atoms with Crippen LogP contribution in [0.3, 0.4) is 0 Å². The van der Waals surface area contributed by atoms with E-state index in [1.54, 1.807) is 6.07 Å². The topological polar surface area (TPSA) is 74.5 Å². The Morgan fingerprint density at radius 1 is 1.39 bits per heavy atom. The molecule has 1 amide bonds. The van der Waals surface area contributed by atoms with E-state index in [0.29, 0.717) is 5.69 Å². The van der Waals surface area contributed by atoms with E-state index in [2.05, 4.69) is 27.3 Å². The SMILES string of the molecule is CN1CCN(Cc2cccc(C(=O)NN)n2)CC1. The fourth-order valence-corrected chi connectivity index (χ4v) is 2.00. The van der Waals surface area contributed by atoms with Crippen molar-refractivity contribution in [3.63, 3.8) is 0 Å². The number of piperazine rings is 1. The largest absolute Gasteiger partial charge is 0.304 e. The highest BCUT2D eigenvalue weighted by Gasteiger charge is 2.15. The lowest BCUT2D eigenvalue weighted by atomic mass is 10.2. The van der Waals surface area contributed by atoms with Crippen molar-refractivity contribution in [3.05, 3.63) is 29.6 Å². The van der Waals surface area contributed by atoms with Crippen LogP contribution < -0.4 is 11.3 Å². The van der Waals surface area contributed by atoms with Gasteiger partial charge in [-0.15, -0.1) is 0 Å². The summed E-state index contributed by atoms with van der Waals surface area (Å²) in [5.74, 6) is 4.75. The monoisotopic (exact) mass is 249 g/mol. The zero-order chi connectivity index (χ0) is 13.0.